The molecule has 0 N–H and O–H groups in total. The summed E-state index contributed by atoms with van der Waals surface area (Å²) in [5, 5.41) is 0. The minimum absolute atomic E-state index is 0.0878. The molecule has 2 nitrogen and oxygen atoms in total. The molecule has 0 heterocycles. The van der Waals surface area contributed by atoms with Crippen LogP contribution in [0.2, 0.25) is 0 Å². The van der Waals surface area contributed by atoms with E-state index in [4.69, 9.17) is 4.74 Å². The molecule has 0 atom stereocenters. The van der Waals surface area contributed by atoms with Crippen LogP contribution in [0.1, 0.15) is 22.8 Å². The normalized spacial score (nSPS) is 10.3. The number of benzene rings is 2. The van der Waals surface area contributed by atoms with E-state index < -0.39 is 0 Å². The van der Waals surface area contributed by atoms with E-state index in [1.165, 1.54) is 19.1 Å². The van der Waals surface area contributed by atoms with Crippen molar-refractivity contribution in [3.63, 3.8) is 0 Å². The van der Waals surface area contributed by atoms with Crippen molar-refractivity contribution in [1.29, 1.82) is 0 Å². The van der Waals surface area contributed by atoms with Crippen molar-refractivity contribution in [3.05, 3.63) is 57.8 Å². The van der Waals surface area contributed by atoms with Gasteiger partial charge in [0.2, 0.25) is 0 Å². The van der Waals surface area contributed by atoms with Crippen molar-refractivity contribution in [2.45, 2.75) is 13.8 Å². The third-order valence-electron chi connectivity index (χ3n) is 2.68. The molecule has 0 spiro atoms. The molecule has 0 bridgehead atoms. The Hall–Kier alpha value is -1.68. The summed E-state index contributed by atoms with van der Waals surface area (Å²) in [4.78, 5) is 11.6. The maximum absolute atomic E-state index is 13.2. The van der Waals surface area contributed by atoms with E-state index in [0.717, 1.165) is 4.47 Å². The summed E-state index contributed by atoms with van der Waals surface area (Å²) in [6, 6.07) is 9.68. The number of aryl methyl sites for hydroxylation is 1. The lowest BCUT2D eigenvalue weighted by Gasteiger charge is -2.10. The molecule has 0 aliphatic heterocycles. The number of hydrogen-bond donors (Lipinski definition) is 0. The number of carbonyl (C=O) groups is 1. The fourth-order valence-corrected chi connectivity index (χ4v) is 2.04. The topological polar surface area (TPSA) is 26.3 Å². The molecule has 0 aliphatic carbocycles. The Morgan fingerprint density at radius 2 is 1.95 bits per heavy atom. The number of ether oxygens (including phenoxy) is 1. The fraction of sp³-hybridized carbons (Fsp3) is 0.133. The van der Waals surface area contributed by atoms with E-state index in [1.54, 1.807) is 31.2 Å². The van der Waals surface area contributed by atoms with E-state index >= 15 is 0 Å². The molecule has 4 heteroatoms. The second kappa shape index (κ2) is 5.53. The predicted octanol–water partition coefficient (Wildman–Crippen LogP) is 4.89. The van der Waals surface area contributed by atoms with Crippen LogP contribution in [0, 0.1) is 12.7 Å². The van der Waals surface area contributed by atoms with Gasteiger partial charge in [-0.3, -0.25) is 4.79 Å². The van der Waals surface area contributed by atoms with Gasteiger partial charge in [-0.25, -0.2) is 4.39 Å². The van der Waals surface area contributed by atoms with Crippen molar-refractivity contribution in [1.82, 2.24) is 0 Å². The van der Waals surface area contributed by atoms with E-state index in [2.05, 4.69) is 15.9 Å². The highest BCUT2D eigenvalue weighted by Gasteiger charge is 2.10. The summed E-state index contributed by atoms with van der Waals surface area (Å²) in [6.07, 6.45) is 0. The van der Waals surface area contributed by atoms with Gasteiger partial charge in [-0.1, -0.05) is 15.9 Å². The Morgan fingerprint density at radius 3 is 2.58 bits per heavy atom. The average Bonchev–Trinajstić information content (AvgIpc) is 2.36. The van der Waals surface area contributed by atoms with Gasteiger partial charge in [-0.15, -0.1) is 0 Å². The lowest BCUT2D eigenvalue weighted by Crippen LogP contribution is -1.97. The largest absolute Gasteiger partial charge is 0.457 e. The zero-order chi connectivity index (χ0) is 14.0. The van der Waals surface area contributed by atoms with Gasteiger partial charge in [0, 0.05) is 4.47 Å². The molecule has 2 rings (SSSR count). The molecule has 0 amide bonds. The summed E-state index contributed by atoms with van der Waals surface area (Å²) >= 11 is 3.31. The van der Waals surface area contributed by atoms with Crippen LogP contribution in [0.3, 0.4) is 0 Å². The van der Waals surface area contributed by atoms with Crippen LogP contribution in [-0.2, 0) is 0 Å². The van der Waals surface area contributed by atoms with E-state index in [9.17, 15) is 9.18 Å². The number of hydrogen-bond acceptors (Lipinski definition) is 2. The molecule has 0 aromatic heterocycles. The number of halogens is 2. The zero-order valence-electron chi connectivity index (χ0n) is 10.5. The molecule has 0 saturated carbocycles. The molecule has 0 fully saturated rings. The lowest BCUT2D eigenvalue weighted by molar-refractivity contribution is 0.101. The van der Waals surface area contributed by atoms with Crippen molar-refractivity contribution in [2.75, 3.05) is 0 Å². The summed E-state index contributed by atoms with van der Waals surface area (Å²) in [5.74, 6) is 0.593. The highest BCUT2D eigenvalue weighted by molar-refractivity contribution is 9.10. The van der Waals surface area contributed by atoms with Crippen molar-refractivity contribution in [3.8, 4) is 11.5 Å². The average molecular weight is 323 g/mol. The van der Waals surface area contributed by atoms with Crippen LogP contribution in [0.4, 0.5) is 4.39 Å². The molecule has 2 aromatic carbocycles. The van der Waals surface area contributed by atoms with Gasteiger partial charge < -0.3 is 4.74 Å². The standard InChI is InChI=1S/C15H12BrFO2/c1-9-7-12(4-5-14(9)17)19-15-6-3-11(16)8-13(15)10(2)18/h3-8H,1-2H3. The van der Waals surface area contributed by atoms with Gasteiger partial charge in [0.05, 0.1) is 5.56 Å². The smallest absolute Gasteiger partial charge is 0.163 e. The third-order valence-corrected chi connectivity index (χ3v) is 3.17. The van der Waals surface area contributed by atoms with Crippen molar-refractivity contribution < 1.29 is 13.9 Å². The second-order valence-corrected chi connectivity index (χ2v) is 5.13. The quantitative estimate of drug-likeness (QED) is 0.752. The van der Waals surface area contributed by atoms with Crippen molar-refractivity contribution >= 4 is 21.7 Å². The predicted molar refractivity (Wildman–Crippen MR) is 75.4 cm³/mol. The van der Waals surface area contributed by atoms with Gasteiger partial charge >= 0.3 is 0 Å². The highest BCUT2D eigenvalue weighted by Crippen LogP contribution is 2.29. The first-order chi connectivity index (χ1) is 8.97. The molecule has 98 valence electrons. The third kappa shape index (κ3) is 3.20. The summed E-state index contributed by atoms with van der Waals surface area (Å²) in [5.41, 5.74) is 0.982. The molecule has 0 radical (unpaired) electrons. The van der Waals surface area contributed by atoms with Crippen LogP contribution >= 0.6 is 15.9 Å². The first-order valence-electron chi connectivity index (χ1n) is 5.72. The summed E-state index contributed by atoms with van der Waals surface area (Å²) in [6.45, 7) is 3.14. The van der Waals surface area contributed by atoms with Crippen LogP contribution < -0.4 is 4.74 Å². The van der Waals surface area contributed by atoms with E-state index in [-0.39, 0.29) is 11.6 Å². The molecule has 2 aromatic rings. The first kappa shape index (κ1) is 13.7. The molecule has 0 unspecified atom stereocenters. The molecular formula is C15H12BrFO2. The number of ketones is 1. The van der Waals surface area contributed by atoms with Gasteiger partial charge in [0.15, 0.2) is 5.78 Å². The van der Waals surface area contributed by atoms with Crippen LogP contribution in [0.5, 0.6) is 11.5 Å². The van der Waals surface area contributed by atoms with Crippen molar-refractivity contribution in [2.24, 2.45) is 0 Å². The maximum Gasteiger partial charge on any atom is 0.163 e. The molecule has 0 aliphatic rings. The summed E-state index contributed by atoms with van der Waals surface area (Å²) < 4.78 is 19.6. The fourth-order valence-electron chi connectivity index (χ4n) is 1.67. The monoisotopic (exact) mass is 322 g/mol. The Bertz CT molecular complexity index is 638. The van der Waals surface area contributed by atoms with E-state index in [1.807, 2.05) is 0 Å². The van der Waals surface area contributed by atoms with Crippen LogP contribution in [0.25, 0.3) is 0 Å². The molecular weight excluding hydrogens is 311 g/mol. The van der Waals surface area contributed by atoms with Gasteiger partial charge in [0.25, 0.3) is 0 Å². The Kier molecular flexibility index (Phi) is 4.00. The number of Topliss-reactive ketones (excluding diaryl/α,β-unsaturated/α-hetero) is 1. The Balaban J connectivity index is 2.37. The lowest BCUT2D eigenvalue weighted by atomic mass is 10.1. The van der Waals surface area contributed by atoms with Crippen LogP contribution in [-0.4, -0.2) is 5.78 Å². The van der Waals surface area contributed by atoms with Gasteiger partial charge in [-0.05, 0) is 55.8 Å². The SMILES string of the molecule is CC(=O)c1cc(Br)ccc1Oc1ccc(F)c(C)c1. The van der Waals surface area contributed by atoms with Gasteiger partial charge in [-0.2, -0.15) is 0 Å². The second-order valence-electron chi connectivity index (χ2n) is 4.21. The Labute approximate surface area is 119 Å². The minimum atomic E-state index is -0.282. The summed E-state index contributed by atoms with van der Waals surface area (Å²) in [7, 11) is 0. The van der Waals surface area contributed by atoms with E-state index in [0.29, 0.717) is 22.6 Å². The number of carbonyl (C=O) groups excluding carboxylic acids is 1. The molecule has 0 saturated heterocycles. The first-order valence-corrected chi connectivity index (χ1v) is 6.51. The molecule has 19 heavy (non-hydrogen) atoms. The van der Waals surface area contributed by atoms with Gasteiger partial charge in [0.1, 0.15) is 17.3 Å². The number of rotatable bonds is 3. The highest BCUT2D eigenvalue weighted by atomic mass is 79.9. The van der Waals surface area contributed by atoms with Crippen LogP contribution in [0.15, 0.2) is 40.9 Å². The zero-order valence-corrected chi connectivity index (χ0v) is 12.1. The Morgan fingerprint density at radius 1 is 1.21 bits per heavy atom. The maximum atomic E-state index is 13.2. The minimum Gasteiger partial charge on any atom is -0.457 e.